The van der Waals surface area contributed by atoms with Crippen LogP contribution in [0.4, 0.5) is 5.82 Å². The Kier molecular flexibility index (Phi) is 5.73. The minimum Gasteiger partial charge on any atom is -0.394 e. The van der Waals surface area contributed by atoms with Gasteiger partial charge in [0.05, 0.1) is 25.6 Å². The lowest BCUT2D eigenvalue weighted by Crippen LogP contribution is -2.33. The molecule has 1 unspecified atom stereocenters. The molecule has 4 heterocycles. The molecular weight excluding hydrogens is 334 g/mol. The molecule has 2 saturated heterocycles. The molecule has 25 heavy (non-hydrogen) atoms. The fourth-order valence-electron chi connectivity index (χ4n) is 2.60. The molecule has 2 aromatic heterocycles. The van der Waals surface area contributed by atoms with Crippen molar-refractivity contribution in [1.82, 2.24) is 19.9 Å². The Labute approximate surface area is 142 Å². The van der Waals surface area contributed by atoms with Crippen molar-refractivity contribution in [2.75, 3.05) is 25.1 Å². The van der Waals surface area contributed by atoms with Gasteiger partial charge >= 0.3 is 0 Å². The number of H-pyrrole nitrogens is 1. The average molecular weight is 355 g/mol. The Hall–Kier alpha value is -1.89. The summed E-state index contributed by atoms with van der Waals surface area (Å²) in [6.07, 6.45) is -0.606. The molecule has 138 valence electrons. The Morgan fingerprint density at radius 2 is 2.04 bits per heavy atom. The van der Waals surface area contributed by atoms with Gasteiger partial charge in [0, 0.05) is 6.61 Å². The molecule has 11 heteroatoms. The largest absolute Gasteiger partial charge is 0.394 e. The molecule has 0 spiro atoms. The second-order valence-corrected chi connectivity index (χ2v) is 5.76. The fraction of sp³-hybridized carbons (Fsp3) is 0.643. The van der Waals surface area contributed by atoms with Gasteiger partial charge in [-0.15, -0.1) is 0 Å². The molecule has 2 aliphatic rings. The summed E-state index contributed by atoms with van der Waals surface area (Å²) >= 11 is 0. The molecule has 0 aliphatic carbocycles. The van der Waals surface area contributed by atoms with Gasteiger partial charge in [-0.05, 0) is 6.42 Å². The topological polar surface area (TPSA) is 166 Å². The van der Waals surface area contributed by atoms with E-state index in [0.717, 1.165) is 31.0 Å². The zero-order chi connectivity index (χ0) is 17.8. The molecule has 0 radical (unpaired) electrons. The Morgan fingerprint density at radius 1 is 1.20 bits per heavy atom. The lowest BCUT2D eigenvalue weighted by Gasteiger charge is -2.10. The highest BCUT2D eigenvalue weighted by molar-refractivity contribution is 5.82. The van der Waals surface area contributed by atoms with E-state index >= 15 is 0 Å². The van der Waals surface area contributed by atoms with E-state index < -0.39 is 31.2 Å². The highest BCUT2D eigenvalue weighted by Crippen LogP contribution is 2.19. The van der Waals surface area contributed by atoms with Gasteiger partial charge in [0.1, 0.15) is 30.2 Å². The molecule has 0 amide bonds. The number of hydrogen-bond acceptors (Lipinski definition) is 10. The zero-order valence-corrected chi connectivity index (χ0v) is 13.3. The number of fused-ring (bicyclic) bond motifs is 1. The van der Waals surface area contributed by atoms with Gasteiger partial charge < -0.3 is 40.2 Å². The van der Waals surface area contributed by atoms with Crippen molar-refractivity contribution in [3.63, 3.8) is 0 Å². The SMILES string of the molecule is OC[C@H]1OC(O)[C@H](O)[C@@H]1O.c1nc(N[C@@H]2CCOC2)c2[nH]cnc2n1. The maximum Gasteiger partial charge on any atom is 0.184 e. The van der Waals surface area contributed by atoms with E-state index in [0.29, 0.717) is 11.7 Å². The van der Waals surface area contributed by atoms with Gasteiger partial charge in [0.2, 0.25) is 0 Å². The smallest absolute Gasteiger partial charge is 0.184 e. The van der Waals surface area contributed by atoms with Crippen LogP contribution >= 0.6 is 0 Å². The Bertz CT molecular complexity index is 679. The third kappa shape index (κ3) is 4.03. The lowest BCUT2D eigenvalue weighted by molar-refractivity contribution is -0.132. The standard InChI is InChI=1S/C9H11N5O.C5H10O5/c1-2-15-3-6(1)14-9-7-8(11-4-10-7)12-5-13-9;6-1-2-3(7)4(8)5(9)10-2/h4-6H,1-3H2,(H2,10,11,12,13,14);2-9H,1H2/t6-;2-,3-,4-,5?/m11/s1. The normalized spacial score (nSPS) is 31.8. The van der Waals surface area contributed by atoms with Crippen molar-refractivity contribution in [2.24, 2.45) is 0 Å². The van der Waals surface area contributed by atoms with Crippen LogP contribution in [0.2, 0.25) is 0 Å². The van der Waals surface area contributed by atoms with Crippen LogP contribution in [0.15, 0.2) is 12.7 Å². The second-order valence-electron chi connectivity index (χ2n) is 5.76. The number of aliphatic hydroxyl groups is 4. The van der Waals surface area contributed by atoms with Gasteiger partial charge in [-0.2, -0.15) is 0 Å². The summed E-state index contributed by atoms with van der Waals surface area (Å²) in [5.74, 6) is 0.799. The maximum absolute atomic E-state index is 8.93. The predicted molar refractivity (Wildman–Crippen MR) is 84.5 cm³/mol. The van der Waals surface area contributed by atoms with Crippen LogP contribution in [0.5, 0.6) is 0 Å². The summed E-state index contributed by atoms with van der Waals surface area (Å²) in [6.45, 7) is 1.14. The first-order chi connectivity index (χ1) is 12.1. The number of nitrogens with one attached hydrogen (secondary N) is 2. The summed E-state index contributed by atoms with van der Waals surface area (Å²) in [5, 5.41) is 38.3. The van der Waals surface area contributed by atoms with Crippen molar-refractivity contribution < 1.29 is 29.9 Å². The minimum absolute atomic E-state index is 0.339. The number of rotatable bonds is 3. The van der Waals surface area contributed by atoms with E-state index in [1.54, 1.807) is 6.33 Å². The van der Waals surface area contributed by atoms with Gasteiger partial charge in [-0.25, -0.2) is 15.0 Å². The number of ether oxygens (including phenoxy) is 2. The minimum atomic E-state index is -1.38. The Balaban J connectivity index is 0.000000160. The van der Waals surface area contributed by atoms with E-state index in [1.165, 1.54) is 6.33 Å². The molecule has 2 aromatic rings. The van der Waals surface area contributed by atoms with E-state index in [2.05, 4.69) is 30.0 Å². The average Bonchev–Trinajstić information content (AvgIpc) is 3.34. The van der Waals surface area contributed by atoms with E-state index in [1.807, 2.05) is 0 Å². The molecule has 11 nitrogen and oxygen atoms in total. The fourth-order valence-corrected chi connectivity index (χ4v) is 2.60. The van der Waals surface area contributed by atoms with Gasteiger partial charge in [0.25, 0.3) is 0 Å². The molecule has 0 saturated carbocycles. The first kappa shape index (κ1) is 17.9. The van der Waals surface area contributed by atoms with E-state index in [-0.39, 0.29) is 0 Å². The molecule has 4 rings (SSSR count). The summed E-state index contributed by atoms with van der Waals surface area (Å²) in [6, 6.07) is 0.339. The number of hydrogen-bond donors (Lipinski definition) is 6. The molecular formula is C14H21N5O6. The van der Waals surface area contributed by atoms with Crippen molar-refractivity contribution in [2.45, 2.75) is 37.1 Å². The van der Waals surface area contributed by atoms with Gasteiger partial charge in [-0.1, -0.05) is 0 Å². The predicted octanol–water partition coefficient (Wildman–Crippen LogP) is -2.03. The molecule has 2 fully saturated rings. The highest BCUT2D eigenvalue weighted by atomic mass is 16.6. The van der Waals surface area contributed by atoms with Crippen LogP contribution in [0.1, 0.15) is 6.42 Å². The van der Waals surface area contributed by atoms with Crippen LogP contribution in [-0.4, -0.2) is 90.8 Å². The maximum atomic E-state index is 8.93. The summed E-state index contributed by atoms with van der Waals surface area (Å²) in [7, 11) is 0. The summed E-state index contributed by atoms with van der Waals surface area (Å²) in [4.78, 5) is 15.3. The van der Waals surface area contributed by atoms with Crippen molar-refractivity contribution >= 4 is 17.0 Å². The first-order valence-electron chi connectivity index (χ1n) is 7.89. The molecule has 6 N–H and O–H groups in total. The first-order valence-corrected chi connectivity index (χ1v) is 7.89. The molecule has 2 aliphatic heterocycles. The zero-order valence-electron chi connectivity index (χ0n) is 13.3. The van der Waals surface area contributed by atoms with Crippen LogP contribution in [0, 0.1) is 0 Å². The third-order valence-corrected chi connectivity index (χ3v) is 4.01. The number of imidazole rings is 1. The molecule has 0 bridgehead atoms. The monoisotopic (exact) mass is 355 g/mol. The number of aromatic amines is 1. The van der Waals surface area contributed by atoms with Crippen molar-refractivity contribution in [3.8, 4) is 0 Å². The number of anilines is 1. The summed E-state index contributed by atoms with van der Waals surface area (Å²) in [5.41, 5.74) is 1.54. The summed E-state index contributed by atoms with van der Waals surface area (Å²) < 4.78 is 9.83. The molecule has 5 atom stereocenters. The van der Waals surface area contributed by atoms with Crippen LogP contribution in [0.25, 0.3) is 11.2 Å². The van der Waals surface area contributed by atoms with Gasteiger partial charge in [-0.3, -0.25) is 0 Å². The number of nitrogens with zero attached hydrogens (tertiary/aromatic N) is 3. The number of aliphatic hydroxyl groups excluding tert-OH is 4. The van der Waals surface area contributed by atoms with Crippen LogP contribution < -0.4 is 5.32 Å². The van der Waals surface area contributed by atoms with Crippen LogP contribution in [0.3, 0.4) is 0 Å². The van der Waals surface area contributed by atoms with Crippen molar-refractivity contribution in [1.29, 1.82) is 0 Å². The lowest BCUT2D eigenvalue weighted by atomic mass is 10.1. The van der Waals surface area contributed by atoms with E-state index in [9.17, 15) is 0 Å². The van der Waals surface area contributed by atoms with Crippen molar-refractivity contribution in [3.05, 3.63) is 12.7 Å². The quantitative estimate of drug-likeness (QED) is 0.361. The third-order valence-electron chi connectivity index (χ3n) is 4.01. The van der Waals surface area contributed by atoms with Gasteiger partial charge in [0.15, 0.2) is 17.8 Å². The number of aromatic nitrogens is 4. The second kappa shape index (κ2) is 7.99. The highest BCUT2D eigenvalue weighted by Gasteiger charge is 2.41. The van der Waals surface area contributed by atoms with Crippen LogP contribution in [-0.2, 0) is 9.47 Å². The molecule has 0 aromatic carbocycles. The van der Waals surface area contributed by atoms with E-state index in [4.69, 9.17) is 25.2 Å². The Morgan fingerprint density at radius 3 is 2.64 bits per heavy atom.